The van der Waals surface area contributed by atoms with Crippen LogP contribution in [0.15, 0.2) is 39.9 Å². The summed E-state index contributed by atoms with van der Waals surface area (Å²) in [4.78, 5) is 7.09. The zero-order valence-electron chi connectivity index (χ0n) is 16.6. The first-order chi connectivity index (χ1) is 13.1. The molecule has 2 heterocycles. The van der Waals surface area contributed by atoms with Gasteiger partial charge in [-0.3, -0.25) is 0 Å². The molecule has 1 N–H and O–H groups in total. The van der Waals surface area contributed by atoms with Crippen LogP contribution in [0.2, 0.25) is 0 Å². The molecule has 6 heteroatoms. The molecule has 27 heavy (non-hydrogen) atoms. The molecule has 0 spiro atoms. The van der Waals surface area contributed by atoms with Crippen molar-refractivity contribution >= 4 is 11.5 Å². The summed E-state index contributed by atoms with van der Waals surface area (Å²) >= 11 is 0. The van der Waals surface area contributed by atoms with Crippen LogP contribution in [0.25, 0.3) is 5.57 Å². The third kappa shape index (κ3) is 4.51. The third-order valence-corrected chi connectivity index (χ3v) is 4.85. The quantitative estimate of drug-likeness (QED) is 0.646. The first-order valence-corrected chi connectivity index (χ1v) is 9.40. The summed E-state index contributed by atoms with van der Waals surface area (Å²) in [5, 5.41) is 7.41. The Bertz CT molecular complexity index is 819. The number of ether oxygens (including phenoxy) is 1. The van der Waals surface area contributed by atoms with Gasteiger partial charge in [-0.25, -0.2) is 4.99 Å². The van der Waals surface area contributed by atoms with Gasteiger partial charge in [0, 0.05) is 25.2 Å². The van der Waals surface area contributed by atoms with Crippen molar-refractivity contribution in [2.75, 3.05) is 26.7 Å². The first-order valence-electron chi connectivity index (χ1n) is 9.40. The summed E-state index contributed by atoms with van der Waals surface area (Å²) < 4.78 is 10.6. The molecular weight excluding hydrogens is 340 g/mol. The van der Waals surface area contributed by atoms with Crippen LogP contribution in [0.5, 0.6) is 5.75 Å². The molecule has 0 bridgehead atoms. The summed E-state index contributed by atoms with van der Waals surface area (Å²) in [5.41, 5.74) is 4.55. The highest BCUT2D eigenvalue weighted by molar-refractivity contribution is 5.81. The van der Waals surface area contributed by atoms with E-state index in [1.807, 2.05) is 26.0 Å². The molecule has 0 saturated heterocycles. The Labute approximate surface area is 160 Å². The lowest BCUT2D eigenvalue weighted by molar-refractivity contribution is 0.392. The first kappa shape index (κ1) is 19.0. The van der Waals surface area contributed by atoms with E-state index in [0.717, 1.165) is 54.8 Å². The maximum Gasteiger partial charge on any atom is 0.194 e. The number of hydrogen-bond donors (Lipinski definition) is 1. The number of benzene rings is 1. The van der Waals surface area contributed by atoms with Crippen LogP contribution in [-0.2, 0) is 6.54 Å². The van der Waals surface area contributed by atoms with Gasteiger partial charge in [-0.1, -0.05) is 23.4 Å². The molecule has 0 atom stereocenters. The molecule has 2 aromatic rings. The minimum absolute atomic E-state index is 0.576. The molecule has 0 fully saturated rings. The lowest BCUT2D eigenvalue weighted by Crippen LogP contribution is -2.43. The van der Waals surface area contributed by atoms with Crippen molar-refractivity contribution < 1.29 is 9.26 Å². The van der Waals surface area contributed by atoms with Gasteiger partial charge in [-0.05, 0) is 50.5 Å². The average Bonchev–Trinajstić information content (AvgIpc) is 3.03. The number of nitrogens with zero attached hydrogens (tertiary/aromatic N) is 3. The molecule has 6 nitrogen and oxygen atoms in total. The molecule has 1 aliphatic rings. The largest absolute Gasteiger partial charge is 0.497 e. The van der Waals surface area contributed by atoms with E-state index in [0.29, 0.717) is 6.54 Å². The minimum Gasteiger partial charge on any atom is -0.497 e. The SMILES string of the molecule is CCNC(=NCc1c(C)noc1C)N1CC=C(c2cccc(OC)c2)CC1. The highest BCUT2D eigenvalue weighted by Gasteiger charge is 2.17. The van der Waals surface area contributed by atoms with Crippen molar-refractivity contribution in [1.29, 1.82) is 0 Å². The Morgan fingerprint density at radius 3 is 2.85 bits per heavy atom. The summed E-state index contributed by atoms with van der Waals surface area (Å²) in [6.45, 7) is 9.15. The van der Waals surface area contributed by atoms with E-state index in [2.05, 4.69) is 40.5 Å². The van der Waals surface area contributed by atoms with E-state index in [9.17, 15) is 0 Å². The number of aliphatic imine (C=N–C) groups is 1. The fourth-order valence-corrected chi connectivity index (χ4v) is 3.25. The van der Waals surface area contributed by atoms with Crippen molar-refractivity contribution in [3.63, 3.8) is 0 Å². The van der Waals surface area contributed by atoms with Crippen LogP contribution in [0.4, 0.5) is 0 Å². The maximum absolute atomic E-state index is 5.34. The zero-order valence-corrected chi connectivity index (χ0v) is 16.6. The Kier molecular flexibility index (Phi) is 6.16. The van der Waals surface area contributed by atoms with E-state index in [4.69, 9.17) is 14.3 Å². The summed E-state index contributed by atoms with van der Waals surface area (Å²) in [6, 6.07) is 8.25. The van der Waals surface area contributed by atoms with Gasteiger partial charge in [-0.15, -0.1) is 0 Å². The van der Waals surface area contributed by atoms with Crippen LogP contribution in [0.1, 0.15) is 35.9 Å². The van der Waals surface area contributed by atoms with E-state index in [1.165, 1.54) is 11.1 Å². The number of aryl methyl sites for hydroxylation is 2. The second-order valence-corrected chi connectivity index (χ2v) is 6.63. The van der Waals surface area contributed by atoms with Crippen molar-refractivity contribution in [1.82, 2.24) is 15.4 Å². The van der Waals surface area contributed by atoms with Gasteiger partial charge in [0.25, 0.3) is 0 Å². The second kappa shape index (κ2) is 8.75. The molecule has 3 rings (SSSR count). The minimum atomic E-state index is 0.576. The Hall–Kier alpha value is -2.76. The molecule has 1 aromatic carbocycles. The van der Waals surface area contributed by atoms with Gasteiger partial charge in [0.2, 0.25) is 0 Å². The summed E-state index contributed by atoms with van der Waals surface area (Å²) in [7, 11) is 1.70. The van der Waals surface area contributed by atoms with Gasteiger partial charge in [0.15, 0.2) is 5.96 Å². The number of guanidine groups is 1. The standard InChI is InChI=1S/C21H28N4O2/c1-5-22-21(23-14-20-15(2)24-27-16(20)3)25-11-9-17(10-12-25)18-7-6-8-19(13-18)26-4/h6-9,13H,5,10-12,14H2,1-4H3,(H,22,23). The Balaban J connectivity index is 1.72. The van der Waals surface area contributed by atoms with Crippen LogP contribution in [0, 0.1) is 13.8 Å². The van der Waals surface area contributed by atoms with Crippen molar-refractivity contribution in [2.24, 2.45) is 4.99 Å². The number of hydrogen-bond acceptors (Lipinski definition) is 4. The third-order valence-electron chi connectivity index (χ3n) is 4.85. The molecule has 144 valence electrons. The normalized spacial score (nSPS) is 14.9. The highest BCUT2D eigenvalue weighted by Crippen LogP contribution is 2.25. The molecule has 0 aliphatic carbocycles. The van der Waals surface area contributed by atoms with Crippen LogP contribution in [0.3, 0.4) is 0 Å². The van der Waals surface area contributed by atoms with Gasteiger partial charge >= 0.3 is 0 Å². The van der Waals surface area contributed by atoms with E-state index in [-0.39, 0.29) is 0 Å². The van der Waals surface area contributed by atoms with Crippen molar-refractivity contribution in [2.45, 2.75) is 33.7 Å². The molecule has 0 unspecified atom stereocenters. The molecular formula is C21H28N4O2. The topological polar surface area (TPSA) is 62.9 Å². The fraction of sp³-hybridized carbons (Fsp3) is 0.429. The van der Waals surface area contributed by atoms with Gasteiger partial charge in [0.05, 0.1) is 19.3 Å². The van der Waals surface area contributed by atoms with Crippen LogP contribution in [-0.4, -0.2) is 42.8 Å². The predicted molar refractivity (Wildman–Crippen MR) is 108 cm³/mol. The molecule has 1 aromatic heterocycles. The van der Waals surface area contributed by atoms with Gasteiger partial charge in [-0.2, -0.15) is 0 Å². The smallest absolute Gasteiger partial charge is 0.194 e. The molecule has 0 amide bonds. The number of aromatic nitrogens is 1. The lowest BCUT2D eigenvalue weighted by Gasteiger charge is -2.30. The van der Waals surface area contributed by atoms with Crippen LogP contribution < -0.4 is 10.1 Å². The zero-order chi connectivity index (χ0) is 19.2. The van der Waals surface area contributed by atoms with Gasteiger partial charge < -0.3 is 19.5 Å². The fourth-order valence-electron chi connectivity index (χ4n) is 3.25. The molecule has 1 aliphatic heterocycles. The number of methoxy groups -OCH3 is 1. The number of rotatable bonds is 5. The van der Waals surface area contributed by atoms with Crippen LogP contribution >= 0.6 is 0 Å². The highest BCUT2D eigenvalue weighted by atomic mass is 16.5. The summed E-state index contributed by atoms with van der Waals surface area (Å²) in [6.07, 6.45) is 3.25. The van der Waals surface area contributed by atoms with Gasteiger partial charge in [0.1, 0.15) is 11.5 Å². The Morgan fingerprint density at radius 2 is 2.22 bits per heavy atom. The van der Waals surface area contributed by atoms with Crippen molar-refractivity contribution in [3.05, 3.63) is 52.9 Å². The number of nitrogens with one attached hydrogen (secondary N) is 1. The summed E-state index contributed by atoms with van der Waals surface area (Å²) in [5.74, 6) is 2.66. The second-order valence-electron chi connectivity index (χ2n) is 6.63. The molecule has 0 radical (unpaired) electrons. The average molecular weight is 368 g/mol. The maximum atomic E-state index is 5.34. The molecule has 0 saturated carbocycles. The Morgan fingerprint density at radius 1 is 1.37 bits per heavy atom. The lowest BCUT2D eigenvalue weighted by atomic mass is 9.99. The van der Waals surface area contributed by atoms with E-state index >= 15 is 0 Å². The van der Waals surface area contributed by atoms with Crippen molar-refractivity contribution in [3.8, 4) is 5.75 Å². The predicted octanol–water partition coefficient (Wildman–Crippen LogP) is 3.55. The van der Waals surface area contributed by atoms with E-state index < -0.39 is 0 Å². The van der Waals surface area contributed by atoms with E-state index in [1.54, 1.807) is 7.11 Å². The monoisotopic (exact) mass is 368 g/mol.